The molecule has 0 saturated heterocycles. The van der Waals surface area contributed by atoms with Gasteiger partial charge in [0.1, 0.15) is 11.6 Å². The van der Waals surface area contributed by atoms with Gasteiger partial charge in [-0.1, -0.05) is 18.2 Å². The van der Waals surface area contributed by atoms with Crippen LogP contribution in [0, 0.1) is 19.7 Å². The number of halogens is 1. The van der Waals surface area contributed by atoms with Gasteiger partial charge in [-0.25, -0.2) is 4.39 Å². The predicted octanol–water partition coefficient (Wildman–Crippen LogP) is 3.18. The maximum absolute atomic E-state index is 13.0. The molecule has 0 aliphatic rings. The average molecular weight is 301 g/mol. The molecule has 0 saturated carbocycles. The standard InChI is InChI=1S/C18H20FNO2/c1-13-8-14(2)10-17(9-13)22-12-18(21)20-7-6-15-4-3-5-16(19)11-15/h3-5,8-11H,6-7,12H2,1-2H3,(H,20,21). The maximum atomic E-state index is 13.0. The van der Waals surface area contributed by atoms with Crippen molar-refractivity contribution < 1.29 is 13.9 Å². The van der Waals surface area contributed by atoms with Crippen LogP contribution in [0.25, 0.3) is 0 Å². The van der Waals surface area contributed by atoms with Crippen molar-refractivity contribution in [2.75, 3.05) is 13.2 Å². The molecular weight excluding hydrogens is 281 g/mol. The summed E-state index contributed by atoms with van der Waals surface area (Å²) in [6.07, 6.45) is 0.590. The molecule has 1 amide bonds. The quantitative estimate of drug-likeness (QED) is 0.890. The van der Waals surface area contributed by atoms with Crippen LogP contribution in [0.15, 0.2) is 42.5 Å². The first-order valence-electron chi connectivity index (χ1n) is 7.25. The van der Waals surface area contributed by atoms with Crippen molar-refractivity contribution in [1.82, 2.24) is 5.32 Å². The summed E-state index contributed by atoms with van der Waals surface area (Å²) in [6.45, 7) is 4.41. The largest absolute Gasteiger partial charge is 0.484 e. The molecule has 2 aromatic rings. The van der Waals surface area contributed by atoms with Crippen molar-refractivity contribution in [2.24, 2.45) is 0 Å². The SMILES string of the molecule is Cc1cc(C)cc(OCC(=O)NCCc2cccc(F)c2)c1. The first-order chi connectivity index (χ1) is 10.5. The number of benzene rings is 2. The lowest BCUT2D eigenvalue weighted by Crippen LogP contribution is -2.30. The van der Waals surface area contributed by atoms with E-state index in [-0.39, 0.29) is 18.3 Å². The Balaban J connectivity index is 1.74. The highest BCUT2D eigenvalue weighted by Gasteiger charge is 2.04. The third-order valence-electron chi connectivity index (χ3n) is 3.19. The number of hydrogen-bond acceptors (Lipinski definition) is 2. The third-order valence-corrected chi connectivity index (χ3v) is 3.19. The number of nitrogens with one attached hydrogen (secondary N) is 1. The summed E-state index contributed by atoms with van der Waals surface area (Å²) in [6, 6.07) is 12.2. The summed E-state index contributed by atoms with van der Waals surface area (Å²) >= 11 is 0. The molecule has 2 aromatic carbocycles. The Bertz CT molecular complexity index is 635. The lowest BCUT2D eigenvalue weighted by Gasteiger charge is -2.09. The van der Waals surface area contributed by atoms with Gasteiger partial charge in [-0.05, 0) is 61.2 Å². The van der Waals surface area contributed by atoms with Crippen LogP contribution in [0.4, 0.5) is 4.39 Å². The number of carbonyl (C=O) groups is 1. The van der Waals surface area contributed by atoms with Gasteiger partial charge in [0.25, 0.3) is 5.91 Å². The minimum absolute atomic E-state index is 0.0218. The Morgan fingerprint density at radius 1 is 1.14 bits per heavy atom. The van der Waals surface area contributed by atoms with E-state index < -0.39 is 0 Å². The topological polar surface area (TPSA) is 38.3 Å². The summed E-state index contributed by atoms with van der Waals surface area (Å²) in [5, 5.41) is 2.76. The van der Waals surface area contributed by atoms with Gasteiger partial charge in [0, 0.05) is 6.54 Å². The zero-order valence-corrected chi connectivity index (χ0v) is 12.9. The molecule has 22 heavy (non-hydrogen) atoms. The van der Waals surface area contributed by atoms with Crippen LogP contribution >= 0.6 is 0 Å². The lowest BCUT2D eigenvalue weighted by atomic mass is 10.1. The summed E-state index contributed by atoms with van der Waals surface area (Å²) < 4.78 is 18.5. The van der Waals surface area contributed by atoms with E-state index >= 15 is 0 Å². The Morgan fingerprint density at radius 3 is 2.55 bits per heavy atom. The fourth-order valence-electron chi connectivity index (χ4n) is 2.25. The molecule has 1 N–H and O–H groups in total. The number of ether oxygens (including phenoxy) is 1. The lowest BCUT2D eigenvalue weighted by molar-refractivity contribution is -0.123. The number of rotatable bonds is 6. The predicted molar refractivity (Wildman–Crippen MR) is 84.5 cm³/mol. The molecule has 0 radical (unpaired) electrons. The molecule has 0 bridgehead atoms. The third kappa shape index (κ3) is 5.20. The van der Waals surface area contributed by atoms with Crippen LogP contribution in [0.3, 0.4) is 0 Å². The number of amides is 1. The van der Waals surface area contributed by atoms with Crippen LogP contribution in [-0.4, -0.2) is 19.1 Å². The minimum Gasteiger partial charge on any atom is -0.484 e. The zero-order chi connectivity index (χ0) is 15.9. The van der Waals surface area contributed by atoms with Gasteiger partial charge in [-0.15, -0.1) is 0 Å². The minimum atomic E-state index is -0.262. The van der Waals surface area contributed by atoms with Gasteiger partial charge in [0.2, 0.25) is 0 Å². The van der Waals surface area contributed by atoms with E-state index in [1.165, 1.54) is 12.1 Å². The Morgan fingerprint density at radius 2 is 1.86 bits per heavy atom. The maximum Gasteiger partial charge on any atom is 0.257 e. The molecule has 0 unspecified atom stereocenters. The van der Waals surface area contributed by atoms with Crippen molar-refractivity contribution >= 4 is 5.91 Å². The molecule has 2 rings (SSSR count). The van der Waals surface area contributed by atoms with E-state index in [0.29, 0.717) is 18.7 Å². The molecule has 0 aromatic heterocycles. The summed E-state index contributed by atoms with van der Waals surface area (Å²) in [5.41, 5.74) is 3.05. The van der Waals surface area contributed by atoms with Crippen LogP contribution in [-0.2, 0) is 11.2 Å². The molecule has 116 valence electrons. The Labute approximate surface area is 130 Å². The highest BCUT2D eigenvalue weighted by atomic mass is 19.1. The van der Waals surface area contributed by atoms with E-state index in [9.17, 15) is 9.18 Å². The van der Waals surface area contributed by atoms with Gasteiger partial charge in [0.05, 0.1) is 0 Å². The molecule has 0 aliphatic carbocycles. The van der Waals surface area contributed by atoms with Gasteiger partial charge >= 0.3 is 0 Å². The monoisotopic (exact) mass is 301 g/mol. The highest BCUT2D eigenvalue weighted by molar-refractivity contribution is 5.77. The number of hydrogen-bond donors (Lipinski definition) is 1. The molecule has 0 aliphatic heterocycles. The van der Waals surface area contributed by atoms with Gasteiger partial charge in [0.15, 0.2) is 6.61 Å². The molecule has 0 spiro atoms. The van der Waals surface area contributed by atoms with Gasteiger partial charge in [-0.2, -0.15) is 0 Å². The fraction of sp³-hybridized carbons (Fsp3) is 0.278. The fourth-order valence-corrected chi connectivity index (χ4v) is 2.25. The summed E-state index contributed by atoms with van der Waals surface area (Å²) in [7, 11) is 0. The van der Waals surface area contributed by atoms with Crippen LogP contribution in [0.1, 0.15) is 16.7 Å². The smallest absolute Gasteiger partial charge is 0.257 e. The zero-order valence-electron chi connectivity index (χ0n) is 12.9. The second kappa shape index (κ2) is 7.59. The second-order valence-corrected chi connectivity index (χ2v) is 5.34. The van der Waals surface area contributed by atoms with E-state index in [1.54, 1.807) is 6.07 Å². The first kappa shape index (κ1) is 16.0. The number of carbonyl (C=O) groups excluding carboxylic acids is 1. The van der Waals surface area contributed by atoms with E-state index in [0.717, 1.165) is 16.7 Å². The van der Waals surface area contributed by atoms with E-state index in [2.05, 4.69) is 5.32 Å². The van der Waals surface area contributed by atoms with Crippen LogP contribution in [0.2, 0.25) is 0 Å². The molecule has 0 atom stereocenters. The highest BCUT2D eigenvalue weighted by Crippen LogP contribution is 2.15. The van der Waals surface area contributed by atoms with Gasteiger partial charge < -0.3 is 10.1 Å². The van der Waals surface area contributed by atoms with Crippen LogP contribution < -0.4 is 10.1 Å². The normalized spacial score (nSPS) is 10.3. The summed E-state index contributed by atoms with van der Waals surface area (Å²) in [5.74, 6) is 0.246. The Kier molecular flexibility index (Phi) is 5.53. The van der Waals surface area contributed by atoms with Crippen molar-refractivity contribution in [2.45, 2.75) is 20.3 Å². The van der Waals surface area contributed by atoms with Crippen molar-refractivity contribution in [3.63, 3.8) is 0 Å². The molecule has 4 heteroatoms. The molecule has 0 heterocycles. The first-order valence-corrected chi connectivity index (χ1v) is 7.25. The molecule has 3 nitrogen and oxygen atoms in total. The van der Waals surface area contributed by atoms with E-state index in [4.69, 9.17) is 4.74 Å². The molecular formula is C18H20FNO2. The number of aryl methyl sites for hydroxylation is 2. The van der Waals surface area contributed by atoms with Crippen LogP contribution in [0.5, 0.6) is 5.75 Å². The van der Waals surface area contributed by atoms with E-state index in [1.807, 2.05) is 38.1 Å². The average Bonchev–Trinajstić information content (AvgIpc) is 2.44. The van der Waals surface area contributed by atoms with Crippen molar-refractivity contribution in [3.8, 4) is 5.75 Å². The second-order valence-electron chi connectivity index (χ2n) is 5.34. The van der Waals surface area contributed by atoms with Crippen molar-refractivity contribution in [1.29, 1.82) is 0 Å². The van der Waals surface area contributed by atoms with Crippen molar-refractivity contribution in [3.05, 3.63) is 65.0 Å². The Hall–Kier alpha value is -2.36. The van der Waals surface area contributed by atoms with Gasteiger partial charge in [-0.3, -0.25) is 4.79 Å². The molecule has 0 fully saturated rings. The summed E-state index contributed by atoms with van der Waals surface area (Å²) in [4.78, 5) is 11.7.